The van der Waals surface area contributed by atoms with Gasteiger partial charge in [0, 0.05) is 6.54 Å². The van der Waals surface area contributed by atoms with E-state index >= 15 is 0 Å². The van der Waals surface area contributed by atoms with Crippen LogP contribution in [0, 0.1) is 22.0 Å². The lowest BCUT2D eigenvalue weighted by Crippen LogP contribution is -2.36. The zero-order valence-electron chi connectivity index (χ0n) is 11.6. The summed E-state index contributed by atoms with van der Waals surface area (Å²) < 4.78 is 0. The van der Waals surface area contributed by atoms with E-state index in [1.165, 1.54) is 32.1 Å². The molecule has 1 heterocycles. The van der Waals surface area contributed by atoms with Gasteiger partial charge >= 0.3 is 0 Å². The predicted octanol–water partition coefficient (Wildman–Crippen LogP) is 2.73. The summed E-state index contributed by atoms with van der Waals surface area (Å²) in [5, 5.41) is 9.32. The lowest BCUT2D eigenvalue weighted by atomic mass is 9.90. The molecule has 0 atom stereocenters. The van der Waals surface area contributed by atoms with Crippen molar-refractivity contribution >= 4 is 0 Å². The molecule has 0 aliphatic carbocycles. The van der Waals surface area contributed by atoms with Crippen LogP contribution in [0.5, 0.6) is 0 Å². The van der Waals surface area contributed by atoms with Crippen molar-refractivity contribution < 1.29 is 9.92 Å². The van der Waals surface area contributed by atoms with Gasteiger partial charge in [-0.15, -0.1) is 10.1 Å². The Labute approximate surface area is 110 Å². The van der Waals surface area contributed by atoms with E-state index in [0.717, 1.165) is 24.9 Å². The summed E-state index contributed by atoms with van der Waals surface area (Å²) in [6.45, 7) is 7.56. The third kappa shape index (κ3) is 6.79. The average molecular weight is 258 g/mol. The van der Waals surface area contributed by atoms with Crippen molar-refractivity contribution in [1.82, 2.24) is 4.90 Å². The fraction of sp³-hybridized carbons (Fsp3) is 1.00. The second-order valence-electron chi connectivity index (χ2n) is 5.67. The van der Waals surface area contributed by atoms with Gasteiger partial charge in [0.25, 0.3) is 5.09 Å². The molecule has 18 heavy (non-hydrogen) atoms. The molecule has 0 aromatic heterocycles. The van der Waals surface area contributed by atoms with Crippen molar-refractivity contribution in [2.75, 3.05) is 26.2 Å². The lowest BCUT2D eigenvalue weighted by Gasteiger charge is -2.31. The fourth-order valence-corrected chi connectivity index (χ4v) is 2.56. The Balaban J connectivity index is 2.03. The van der Waals surface area contributed by atoms with E-state index in [2.05, 4.69) is 23.6 Å². The molecule has 5 nitrogen and oxygen atoms in total. The van der Waals surface area contributed by atoms with Gasteiger partial charge in [-0.25, -0.2) is 0 Å². The first kappa shape index (κ1) is 15.2. The molecule has 0 aromatic carbocycles. The number of hydrogen-bond donors (Lipinski definition) is 0. The first-order valence-electron chi connectivity index (χ1n) is 7.07. The minimum absolute atomic E-state index is 0.199. The van der Waals surface area contributed by atoms with Gasteiger partial charge in [0.2, 0.25) is 0 Å². The summed E-state index contributed by atoms with van der Waals surface area (Å²) >= 11 is 0. The Morgan fingerprint density at radius 3 is 2.61 bits per heavy atom. The number of likely N-dealkylation sites (tertiary alicyclic amines) is 1. The minimum atomic E-state index is -0.710. The quantitative estimate of drug-likeness (QED) is 0.496. The molecule has 0 N–H and O–H groups in total. The summed E-state index contributed by atoms with van der Waals surface area (Å²) in [5.41, 5.74) is 0. The third-order valence-corrected chi connectivity index (χ3v) is 3.71. The Bertz CT molecular complexity index is 238. The molecule has 1 rings (SSSR count). The smallest absolute Gasteiger partial charge is 0.294 e. The van der Waals surface area contributed by atoms with Crippen molar-refractivity contribution in [3.63, 3.8) is 0 Å². The molecule has 1 fully saturated rings. The first-order chi connectivity index (χ1) is 8.58. The SMILES string of the molecule is CC(C)CCCC1CCN(CCO[N+](=O)[O-])CC1. The highest BCUT2D eigenvalue weighted by molar-refractivity contribution is 4.72. The maximum Gasteiger partial charge on any atom is 0.294 e. The largest absolute Gasteiger partial charge is 0.313 e. The second kappa shape index (κ2) is 8.29. The minimum Gasteiger partial charge on any atom is -0.313 e. The van der Waals surface area contributed by atoms with Gasteiger partial charge in [0.05, 0.1) is 0 Å². The predicted molar refractivity (Wildman–Crippen MR) is 70.8 cm³/mol. The Kier molecular flexibility index (Phi) is 7.01. The number of nitrogens with zero attached hydrogens (tertiary/aromatic N) is 2. The molecule has 0 amide bonds. The Hall–Kier alpha value is -0.840. The van der Waals surface area contributed by atoms with E-state index in [4.69, 9.17) is 0 Å². The van der Waals surface area contributed by atoms with Crippen LogP contribution >= 0.6 is 0 Å². The monoisotopic (exact) mass is 258 g/mol. The molecule has 0 bridgehead atoms. The number of hydrogen-bond acceptors (Lipinski definition) is 4. The molecule has 106 valence electrons. The van der Waals surface area contributed by atoms with Gasteiger partial charge in [-0.1, -0.05) is 33.1 Å². The van der Waals surface area contributed by atoms with Crippen LogP contribution in [-0.2, 0) is 4.84 Å². The Morgan fingerprint density at radius 2 is 2.06 bits per heavy atom. The van der Waals surface area contributed by atoms with Crippen molar-refractivity contribution in [3.8, 4) is 0 Å². The molecule has 1 aliphatic rings. The van der Waals surface area contributed by atoms with Gasteiger partial charge in [0.15, 0.2) is 0 Å². The maximum absolute atomic E-state index is 10.0. The van der Waals surface area contributed by atoms with Gasteiger partial charge < -0.3 is 9.74 Å². The van der Waals surface area contributed by atoms with Crippen LogP contribution in [0.4, 0.5) is 0 Å². The van der Waals surface area contributed by atoms with E-state index in [1.54, 1.807) is 0 Å². The molecule has 1 saturated heterocycles. The molecule has 0 saturated carbocycles. The maximum atomic E-state index is 10.0. The Morgan fingerprint density at radius 1 is 1.39 bits per heavy atom. The van der Waals surface area contributed by atoms with Crippen molar-refractivity contribution in [2.45, 2.75) is 46.0 Å². The lowest BCUT2D eigenvalue weighted by molar-refractivity contribution is -0.757. The summed E-state index contributed by atoms with van der Waals surface area (Å²) in [6.07, 6.45) is 6.48. The average Bonchev–Trinajstić information content (AvgIpc) is 2.30. The van der Waals surface area contributed by atoms with Crippen LogP contribution in [0.1, 0.15) is 46.0 Å². The number of piperidine rings is 1. The van der Waals surface area contributed by atoms with Gasteiger partial charge in [-0.05, 0) is 37.8 Å². The van der Waals surface area contributed by atoms with Crippen LogP contribution in [-0.4, -0.2) is 36.2 Å². The zero-order valence-corrected chi connectivity index (χ0v) is 11.6. The highest BCUT2D eigenvalue weighted by Gasteiger charge is 2.18. The van der Waals surface area contributed by atoms with E-state index in [1.807, 2.05) is 0 Å². The molecule has 5 heteroatoms. The zero-order chi connectivity index (χ0) is 13.4. The first-order valence-corrected chi connectivity index (χ1v) is 7.07. The van der Waals surface area contributed by atoms with Gasteiger partial charge in [-0.2, -0.15) is 0 Å². The summed E-state index contributed by atoms with van der Waals surface area (Å²) in [7, 11) is 0. The second-order valence-corrected chi connectivity index (χ2v) is 5.67. The van der Waals surface area contributed by atoms with E-state index < -0.39 is 5.09 Å². The summed E-state index contributed by atoms with van der Waals surface area (Å²) in [4.78, 5) is 16.6. The van der Waals surface area contributed by atoms with Gasteiger partial charge in [-0.3, -0.25) is 0 Å². The fourth-order valence-electron chi connectivity index (χ4n) is 2.56. The van der Waals surface area contributed by atoms with Crippen LogP contribution in [0.3, 0.4) is 0 Å². The van der Waals surface area contributed by atoms with Crippen molar-refractivity contribution in [2.24, 2.45) is 11.8 Å². The highest BCUT2D eigenvalue weighted by atomic mass is 16.9. The summed E-state index contributed by atoms with van der Waals surface area (Å²) in [5.74, 6) is 1.67. The molecular formula is C13H26N2O3. The van der Waals surface area contributed by atoms with Crippen molar-refractivity contribution in [1.29, 1.82) is 0 Å². The van der Waals surface area contributed by atoms with Crippen LogP contribution in [0.2, 0.25) is 0 Å². The number of rotatable bonds is 8. The van der Waals surface area contributed by atoms with Gasteiger partial charge in [0.1, 0.15) is 6.61 Å². The van der Waals surface area contributed by atoms with Crippen LogP contribution < -0.4 is 0 Å². The normalized spacial score (nSPS) is 18.2. The van der Waals surface area contributed by atoms with Crippen molar-refractivity contribution in [3.05, 3.63) is 10.1 Å². The molecule has 0 spiro atoms. The topological polar surface area (TPSA) is 55.6 Å². The highest BCUT2D eigenvalue weighted by Crippen LogP contribution is 2.23. The molecule has 0 radical (unpaired) electrons. The van der Waals surface area contributed by atoms with E-state index in [0.29, 0.717) is 6.54 Å². The molecule has 1 aliphatic heterocycles. The molecule has 0 aromatic rings. The standard InChI is InChI=1S/C13H26N2O3/c1-12(2)4-3-5-13-6-8-14(9-7-13)10-11-18-15(16)17/h12-13H,3-11H2,1-2H3. The van der Waals surface area contributed by atoms with E-state index in [-0.39, 0.29) is 6.61 Å². The van der Waals surface area contributed by atoms with Crippen LogP contribution in [0.15, 0.2) is 0 Å². The summed E-state index contributed by atoms with van der Waals surface area (Å²) in [6, 6.07) is 0. The van der Waals surface area contributed by atoms with Crippen LogP contribution in [0.25, 0.3) is 0 Å². The molecular weight excluding hydrogens is 232 g/mol. The molecule has 0 unspecified atom stereocenters. The third-order valence-electron chi connectivity index (χ3n) is 3.71. The van der Waals surface area contributed by atoms with E-state index in [9.17, 15) is 10.1 Å².